The fourth-order valence-electron chi connectivity index (χ4n) is 2.65. The first-order valence-corrected chi connectivity index (χ1v) is 10.8. The highest BCUT2D eigenvalue weighted by atomic mass is 32.2. The molecule has 2 aromatic heterocycles. The molecule has 0 unspecified atom stereocenters. The number of aromatic nitrogens is 3. The number of thiazole rings is 1. The minimum Gasteiger partial charge on any atom is -0.497 e. The molecule has 0 aliphatic heterocycles. The lowest BCUT2D eigenvalue weighted by atomic mass is 10.1. The number of hydrogen-bond acceptors (Lipinski definition) is 9. The lowest BCUT2D eigenvalue weighted by Gasteiger charge is -2.00. The van der Waals surface area contributed by atoms with Crippen molar-refractivity contribution in [2.75, 3.05) is 25.3 Å². The number of carbonyl (C=O) groups excluding carboxylic acids is 1. The number of anilines is 1. The molecule has 0 aliphatic rings. The zero-order valence-corrected chi connectivity index (χ0v) is 17.9. The average molecular weight is 443 g/mol. The van der Waals surface area contributed by atoms with Crippen LogP contribution >= 0.6 is 23.1 Å². The summed E-state index contributed by atoms with van der Waals surface area (Å²) in [6, 6.07) is 13.2. The summed E-state index contributed by atoms with van der Waals surface area (Å²) < 4.78 is 16.9. The van der Waals surface area contributed by atoms with Crippen LogP contribution in [0.5, 0.6) is 11.5 Å². The molecule has 1 amide bonds. The largest absolute Gasteiger partial charge is 0.497 e. The van der Waals surface area contributed by atoms with Crippen molar-refractivity contribution in [1.82, 2.24) is 15.2 Å². The third-order valence-corrected chi connectivity index (χ3v) is 5.88. The Kier molecular flexibility index (Phi) is 6.15. The van der Waals surface area contributed by atoms with E-state index < -0.39 is 0 Å². The second-order valence-corrected chi connectivity index (χ2v) is 8.13. The summed E-state index contributed by atoms with van der Waals surface area (Å²) in [7, 11) is 3.24. The standard InChI is InChI=1S/C20H18N4O4S2/c1-26-13-5-3-12(4-6-13)9-18-23-24-20(28-18)29-11-17(25)22-19-21-15-8-7-14(27-2)10-16(15)30-19/h3-8,10H,9,11H2,1-2H3,(H,21,22,25). The molecule has 0 atom stereocenters. The summed E-state index contributed by atoms with van der Waals surface area (Å²) in [5, 5.41) is 11.7. The normalized spacial score (nSPS) is 10.9. The number of carbonyl (C=O) groups is 1. The third kappa shape index (κ3) is 4.89. The number of benzene rings is 2. The van der Waals surface area contributed by atoms with Crippen LogP contribution in [0.1, 0.15) is 11.5 Å². The quantitative estimate of drug-likeness (QED) is 0.409. The van der Waals surface area contributed by atoms with Crippen LogP contribution < -0.4 is 14.8 Å². The molecule has 0 aliphatic carbocycles. The van der Waals surface area contributed by atoms with Gasteiger partial charge < -0.3 is 19.2 Å². The fourth-order valence-corrected chi connectivity index (χ4v) is 4.14. The first-order valence-electron chi connectivity index (χ1n) is 8.95. The number of methoxy groups -OCH3 is 2. The van der Waals surface area contributed by atoms with Gasteiger partial charge in [0.1, 0.15) is 11.5 Å². The number of fused-ring (bicyclic) bond motifs is 1. The number of nitrogens with one attached hydrogen (secondary N) is 1. The van der Waals surface area contributed by atoms with Crippen LogP contribution in [0.15, 0.2) is 52.1 Å². The summed E-state index contributed by atoms with van der Waals surface area (Å²) in [6.45, 7) is 0. The third-order valence-electron chi connectivity index (χ3n) is 4.13. The molecule has 8 nitrogen and oxygen atoms in total. The Balaban J connectivity index is 1.30. The van der Waals surface area contributed by atoms with E-state index in [1.165, 1.54) is 23.1 Å². The van der Waals surface area contributed by atoms with E-state index >= 15 is 0 Å². The summed E-state index contributed by atoms with van der Waals surface area (Å²) in [4.78, 5) is 16.7. The summed E-state index contributed by atoms with van der Waals surface area (Å²) in [6.07, 6.45) is 0.513. The van der Waals surface area contributed by atoms with Crippen molar-refractivity contribution in [3.05, 3.63) is 53.9 Å². The van der Waals surface area contributed by atoms with Gasteiger partial charge in [-0.2, -0.15) is 0 Å². The molecular formula is C20H18N4O4S2. The van der Waals surface area contributed by atoms with Crippen molar-refractivity contribution < 1.29 is 18.7 Å². The molecule has 1 N–H and O–H groups in total. The van der Waals surface area contributed by atoms with Crippen LogP contribution in [-0.2, 0) is 11.2 Å². The first-order chi connectivity index (χ1) is 14.6. The van der Waals surface area contributed by atoms with Crippen LogP contribution in [0.25, 0.3) is 10.2 Å². The maximum absolute atomic E-state index is 12.3. The smallest absolute Gasteiger partial charge is 0.277 e. The highest BCUT2D eigenvalue weighted by molar-refractivity contribution is 7.99. The van der Waals surface area contributed by atoms with E-state index in [0.717, 1.165) is 27.3 Å². The van der Waals surface area contributed by atoms with Crippen LogP contribution in [0.2, 0.25) is 0 Å². The lowest BCUT2D eigenvalue weighted by Crippen LogP contribution is -2.13. The van der Waals surface area contributed by atoms with Gasteiger partial charge in [-0.05, 0) is 35.9 Å². The second kappa shape index (κ2) is 9.14. The minimum absolute atomic E-state index is 0.142. The first kappa shape index (κ1) is 20.2. The Morgan fingerprint density at radius 2 is 1.87 bits per heavy atom. The number of thioether (sulfide) groups is 1. The molecule has 2 aromatic carbocycles. The average Bonchev–Trinajstić information content (AvgIpc) is 3.38. The second-order valence-electron chi connectivity index (χ2n) is 6.18. The van der Waals surface area contributed by atoms with Gasteiger partial charge in [0.05, 0.1) is 36.6 Å². The predicted octanol–water partition coefficient (Wildman–Crippen LogP) is 4.02. The number of amides is 1. The van der Waals surface area contributed by atoms with E-state index in [2.05, 4.69) is 20.5 Å². The maximum atomic E-state index is 12.3. The van der Waals surface area contributed by atoms with Crippen molar-refractivity contribution in [1.29, 1.82) is 0 Å². The summed E-state index contributed by atoms with van der Waals surface area (Å²) in [5.74, 6) is 1.98. The molecule has 10 heteroatoms. The highest BCUT2D eigenvalue weighted by Gasteiger charge is 2.13. The maximum Gasteiger partial charge on any atom is 0.277 e. The monoisotopic (exact) mass is 442 g/mol. The van der Waals surface area contributed by atoms with Crippen molar-refractivity contribution in [3.63, 3.8) is 0 Å². The van der Waals surface area contributed by atoms with Gasteiger partial charge >= 0.3 is 0 Å². The van der Waals surface area contributed by atoms with Gasteiger partial charge in [-0.25, -0.2) is 4.98 Å². The zero-order valence-electron chi connectivity index (χ0n) is 16.2. The van der Waals surface area contributed by atoms with Gasteiger partial charge in [-0.3, -0.25) is 4.79 Å². The minimum atomic E-state index is -0.194. The zero-order chi connectivity index (χ0) is 20.9. The Morgan fingerprint density at radius 1 is 1.10 bits per heavy atom. The predicted molar refractivity (Wildman–Crippen MR) is 116 cm³/mol. The van der Waals surface area contributed by atoms with Gasteiger partial charge in [-0.1, -0.05) is 35.2 Å². The van der Waals surface area contributed by atoms with Crippen molar-refractivity contribution in [3.8, 4) is 11.5 Å². The molecule has 0 saturated heterocycles. The molecule has 0 saturated carbocycles. The number of ether oxygens (including phenoxy) is 2. The Bertz CT molecular complexity index is 1160. The van der Waals surface area contributed by atoms with E-state index in [1.54, 1.807) is 14.2 Å². The van der Waals surface area contributed by atoms with Gasteiger partial charge in [0, 0.05) is 0 Å². The van der Waals surface area contributed by atoms with E-state index in [4.69, 9.17) is 13.9 Å². The molecule has 154 valence electrons. The van der Waals surface area contributed by atoms with Crippen molar-refractivity contribution in [2.24, 2.45) is 0 Å². The lowest BCUT2D eigenvalue weighted by molar-refractivity contribution is -0.113. The molecule has 4 aromatic rings. The number of nitrogens with zero attached hydrogens (tertiary/aromatic N) is 3. The van der Waals surface area contributed by atoms with Gasteiger partial charge in [-0.15, -0.1) is 10.2 Å². The molecular weight excluding hydrogens is 424 g/mol. The topological polar surface area (TPSA) is 99.4 Å². The van der Waals surface area contributed by atoms with Crippen LogP contribution in [0.4, 0.5) is 5.13 Å². The SMILES string of the molecule is COc1ccc(Cc2nnc(SCC(=O)Nc3nc4ccc(OC)cc4s3)o2)cc1. The van der Waals surface area contributed by atoms with Gasteiger partial charge in [0.25, 0.3) is 5.22 Å². The van der Waals surface area contributed by atoms with Crippen molar-refractivity contribution in [2.45, 2.75) is 11.6 Å². The summed E-state index contributed by atoms with van der Waals surface area (Å²) >= 11 is 2.57. The van der Waals surface area contributed by atoms with E-state index in [-0.39, 0.29) is 11.7 Å². The van der Waals surface area contributed by atoms with E-state index in [0.29, 0.717) is 22.7 Å². The van der Waals surface area contributed by atoms with Gasteiger partial charge in [0.2, 0.25) is 11.8 Å². The molecule has 4 rings (SSSR count). The fraction of sp³-hybridized carbons (Fsp3) is 0.200. The van der Waals surface area contributed by atoms with E-state index in [9.17, 15) is 4.79 Å². The van der Waals surface area contributed by atoms with Gasteiger partial charge in [0.15, 0.2) is 5.13 Å². The molecule has 0 radical (unpaired) electrons. The molecule has 30 heavy (non-hydrogen) atoms. The number of hydrogen-bond donors (Lipinski definition) is 1. The number of rotatable bonds is 8. The van der Waals surface area contributed by atoms with Crippen LogP contribution in [0, 0.1) is 0 Å². The van der Waals surface area contributed by atoms with Crippen LogP contribution in [-0.4, -0.2) is 41.1 Å². The molecule has 0 bridgehead atoms. The Hall–Kier alpha value is -3.11. The Labute approximate surface area is 180 Å². The Morgan fingerprint density at radius 3 is 2.63 bits per heavy atom. The molecule has 0 spiro atoms. The molecule has 2 heterocycles. The van der Waals surface area contributed by atoms with Crippen molar-refractivity contribution >= 4 is 44.4 Å². The van der Waals surface area contributed by atoms with E-state index in [1.807, 2.05) is 42.5 Å². The van der Waals surface area contributed by atoms with Crippen LogP contribution in [0.3, 0.4) is 0 Å². The summed E-state index contributed by atoms with van der Waals surface area (Å²) in [5.41, 5.74) is 1.84. The highest BCUT2D eigenvalue weighted by Crippen LogP contribution is 2.29. The molecule has 0 fully saturated rings.